The van der Waals surface area contributed by atoms with Crippen molar-refractivity contribution in [2.45, 2.75) is 19.9 Å². The predicted molar refractivity (Wildman–Crippen MR) is 59.8 cm³/mol. The minimum Gasteiger partial charge on any atom is -0.329 e. The van der Waals surface area contributed by atoms with Gasteiger partial charge in [-0.1, -0.05) is 11.6 Å². The van der Waals surface area contributed by atoms with Crippen molar-refractivity contribution in [1.82, 2.24) is 9.55 Å². The van der Waals surface area contributed by atoms with Gasteiger partial charge in [-0.2, -0.15) is 5.26 Å². The van der Waals surface area contributed by atoms with Crippen molar-refractivity contribution in [2.24, 2.45) is 0 Å². The van der Waals surface area contributed by atoms with Crippen LogP contribution in [0.25, 0.3) is 11.0 Å². The van der Waals surface area contributed by atoms with Crippen LogP contribution in [0.4, 0.5) is 0 Å². The van der Waals surface area contributed by atoms with Crippen molar-refractivity contribution < 1.29 is 0 Å². The fourth-order valence-electron chi connectivity index (χ4n) is 1.59. The molecule has 3 nitrogen and oxygen atoms in total. The highest BCUT2D eigenvalue weighted by Crippen LogP contribution is 2.24. The van der Waals surface area contributed by atoms with Crippen LogP contribution in [-0.2, 0) is 0 Å². The van der Waals surface area contributed by atoms with Crippen LogP contribution in [0.5, 0.6) is 0 Å². The molecule has 15 heavy (non-hydrogen) atoms. The fraction of sp³-hybridized carbons (Fsp3) is 0.273. The van der Waals surface area contributed by atoms with E-state index in [0.717, 1.165) is 11.0 Å². The molecule has 0 radical (unpaired) electrons. The largest absolute Gasteiger partial charge is 0.329 e. The molecule has 2 heterocycles. The molecule has 0 aliphatic rings. The molecule has 0 unspecified atom stereocenters. The normalized spacial score (nSPS) is 10.9. The van der Waals surface area contributed by atoms with E-state index in [2.05, 4.69) is 24.9 Å². The number of aromatic nitrogens is 2. The zero-order valence-electron chi connectivity index (χ0n) is 8.53. The second-order valence-electron chi connectivity index (χ2n) is 3.68. The number of hydrogen-bond acceptors (Lipinski definition) is 2. The number of halogens is 1. The summed E-state index contributed by atoms with van der Waals surface area (Å²) in [7, 11) is 0. The van der Waals surface area contributed by atoms with Crippen LogP contribution < -0.4 is 0 Å². The third-order valence-electron chi connectivity index (χ3n) is 2.31. The zero-order chi connectivity index (χ0) is 11.0. The van der Waals surface area contributed by atoms with Crippen molar-refractivity contribution in [3.05, 3.63) is 29.0 Å². The molecular formula is C11H10ClN3. The van der Waals surface area contributed by atoms with Crippen molar-refractivity contribution in [1.29, 1.82) is 5.26 Å². The minimum absolute atomic E-state index is 0.281. The first-order valence-electron chi connectivity index (χ1n) is 4.69. The van der Waals surface area contributed by atoms with Gasteiger partial charge in [0.15, 0.2) is 0 Å². The molecule has 2 rings (SSSR count). The van der Waals surface area contributed by atoms with Crippen molar-refractivity contribution in [2.75, 3.05) is 0 Å². The van der Waals surface area contributed by atoms with E-state index in [0.29, 0.717) is 10.6 Å². The molecule has 76 valence electrons. The topological polar surface area (TPSA) is 41.6 Å². The third-order valence-corrected chi connectivity index (χ3v) is 2.52. The summed E-state index contributed by atoms with van der Waals surface area (Å²) in [5.41, 5.74) is 1.43. The molecule has 0 aliphatic carbocycles. The highest BCUT2D eigenvalue weighted by Gasteiger charge is 2.11. The van der Waals surface area contributed by atoms with E-state index in [9.17, 15) is 0 Å². The maximum absolute atomic E-state index is 8.99. The average Bonchev–Trinajstić information content (AvgIpc) is 2.55. The molecule has 0 aromatic carbocycles. The summed E-state index contributed by atoms with van der Waals surface area (Å²) < 4.78 is 1.98. The summed E-state index contributed by atoms with van der Waals surface area (Å²) in [4.78, 5) is 4.25. The second kappa shape index (κ2) is 3.56. The molecule has 0 spiro atoms. The SMILES string of the molecule is CC(C)n1cc(C#N)c2cc(Cl)cnc21. The molecule has 2 aromatic rings. The van der Waals surface area contributed by atoms with Crippen molar-refractivity contribution >= 4 is 22.6 Å². The highest BCUT2D eigenvalue weighted by atomic mass is 35.5. The summed E-state index contributed by atoms with van der Waals surface area (Å²) in [6.45, 7) is 4.10. The lowest BCUT2D eigenvalue weighted by atomic mass is 10.2. The summed E-state index contributed by atoms with van der Waals surface area (Å²) >= 11 is 5.86. The highest BCUT2D eigenvalue weighted by molar-refractivity contribution is 6.31. The number of nitriles is 1. The van der Waals surface area contributed by atoms with E-state index < -0.39 is 0 Å². The Balaban J connectivity index is 2.82. The van der Waals surface area contributed by atoms with Gasteiger partial charge in [-0.3, -0.25) is 0 Å². The third kappa shape index (κ3) is 1.57. The number of pyridine rings is 1. The van der Waals surface area contributed by atoms with Crippen LogP contribution in [0.15, 0.2) is 18.5 Å². The first-order chi connectivity index (χ1) is 7.13. The van der Waals surface area contributed by atoms with Crippen LogP contribution in [0.2, 0.25) is 5.02 Å². The smallest absolute Gasteiger partial charge is 0.141 e. The standard InChI is InChI=1S/C11H10ClN3/c1-7(2)15-6-8(4-13)10-3-9(12)5-14-11(10)15/h3,5-7H,1-2H3. The number of hydrogen-bond donors (Lipinski definition) is 0. The van der Waals surface area contributed by atoms with Crippen LogP contribution in [-0.4, -0.2) is 9.55 Å². The van der Waals surface area contributed by atoms with Gasteiger partial charge in [0, 0.05) is 23.8 Å². The van der Waals surface area contributed by atoms with Gasteiger partial charge < -0.3 is 4.57 Å². The molecule has 0 N–H and O–H groups in total. The summed E-state index contributed by atoms with van der Waals surface area (Å²) in [6.07, 6.45) is 3.42. The Morgan fingerprint density at radius 2 is 2.27 bits per heavy atom. The molecule has 0 saturated carbocycles. The van der Waals surface area contributed by atoms with Gasteiger partial charge in [-0.25, -0.2) is 4.98 Å². The van der Waals surface area contributed by atoms with E-state index in [1.54, 1.807) is 12.3 Å². The van der Waals surface area contributed by atoms with Crippen molar-refractivity contribution in [3.8, 4) is 6.07 Å². The molecule has 0 bridgehead atoms. The van der Waals surface area contributed by atoms with Gasteiger partial charge in [0.25, 0.3) is 0 Å². The first kappa shape index (κ1) is 10.0. The Hall–Kier alpha value is -1.53. The Kier molecular flexibility index (Phi) is 2.37. The molecule has 0 saturated heterocycles. The van der Waals surface area contributed by atoms with Gasteiger partial charge in [0.2, 0.25) is 0 Å². The molecule has 0 amide bonds. The quantitative estimate of drug-likeness (QED) is 0.740. The van der Waals surface area contributed by atoms with E-state index in [1.807, 2.05) is 10.8 Å². The lowest BCUT2D eigenvalue weighted by Gasteiger charge is -2.07. The van der Waals surface area contributed by atoms with Gasteiger partial charge in [0.05, 0.1) is 10.6 Å². The Morgan fingerprint density at radius 1 is 1.53 bits per heavy atom. The van der Waals surface area contributed by atoms with Gasteiger partial charge in [-0.05, 0) is 19.9 Å². The average molecular weight is 220 g/mol. The van der Waals surface area contributed by atoms with Crippen LogP contribution in [0.1, 0.15) is 25.5 Å². The van der Waals surface area contributed by atoms with Crippen molar-refractivity contribution in [3.63, 3.8) is 0 Å². The molecule has 2 aromatic heterocycles. The number of fused-ring (bicyclic) bond motifs is 1. The molecule has 4 heteroatoms. The molecule has 0 aliphatic heterocycles. The van der Waals surface area contributed by atoms with Crippen LogP contribution in [0, 0.1) is 11.3 Å². The second-order valence-corrected chi connectivity index (χ2v) is 4.12. The molecule has 0 fully saturated rings. The van der Waals surface area contributed by atoms with E-state index in [-0.39, 0.29) is 6.04 Å². The zero-order valence-corrected chi connectivity index (χ0v) is 9.28. The molecular weight excluding hydrogens is 210 g/mol. The Bertz CT molecular complexity index is 549. The maximum Gasteiger partial charge on any atom is 0.141 e. The first-order valence-corrected chi connectivity index (χ1v) is 5.07. The van der Waals surface area contributed by atoms with E-state index >= 15 is 0 Å². The van der Waals surface area contributed by atoms with E-state index in [4.69, 9.17) is 16.9 Å². The maximum atomic E-state index is 8.99. The Labute approximate surface area is 92.9 Å². The van der Waals surface area contributed by atoms with E-state index in [1.165, 1.54) is 0 Å². The molecule has 0 atom stereocenters. The summed E-state index contributed by atoms with van der Waals surface area (Å²) in [6, 6.07) is 4.21. The van der Waals surface area contributed by atoms with Gasteiger partial charge in [-0.15, -0.1) is 0 Å². The number of rotatable bonds is 1. The van der Waals surface area contributed by atoms with Gasteiger partial charge >= 0.3 is 0 Å². The minimum atomic E-state index is 0.281. The monoisotopic (exact) mass is 219 g/mol. The number of nitrogens with zero attached hydrogens (tertiary/aromatic N) is 3. The predicted octanol–water partition coefficient (Wildman–Crippen LogP) is 3.14. The lowest BCUT2D eigenvalue weighted by Crippen LogP contribution is -1.99. The summed E-state index contributed by atoms with van der Waals surface area (Å²) in [5, 5.41) is 10.4. The van der Waals surface area contributed by atoms with Gasteiger partial charge in [0.1, 0.15) is 11.7 Å². The van der Waals surface area contributed by atoms with Crippen LogP contribution >= 0.6 is 11.6 Å². The lowest BCUT2D eigenvalue weighted by molar-refractivity contribution is 0.617. The fourth-order valence-corrected chi connectivity index (χ4v) is 1.75. The summed E-state index contributed by atoms with van der Waals surface area (Å²) in [5.74, 6) is 0. The van der Waals surface area contributed by atoms with Crippen LogP contribution in [0.3, 0.4) is 0 Å². The Morgan fingerprint density at radius 3 is 2.87 bits per heavy atom.